The third kappa shape index (κ3) is 3.14. The average molecular weight is 399 g/mol. The van der Waals surface area contributed by atoms with Crippen LogP contribution in [0.15, 0.2) is 10.9 Å². The van der Waals surface area contributed by atoms with Crippen LogP contribution in [0.3, 0.4) is 0 Å². The molecule has 0 radical (unpaired) electrons. The lowest BCUT2D eigenvalue weighted by Crippen LogP contribution is -2.35. The van der Waals surface area contributed by atoms with Crippen LogP contribution in [0, 0.1) is 0 Å². The smallest absolute Gasteiger partial charge is 0.280 e. The molecule has 29 heavy (non-hydrogen) atoms. The first kappa shape index (κ1) is 19.7. The van der Waals surface area contributed by atoms with Crippen LogP contribution >= 0.6 is 0 Å². The fourth-order valence-electron chi connectivity index (χ4n) is 4.13. The van der Waals surface area contributed by atoms with Crippen molar-refractivity contribution < 1.29 is 9.59 Å². The normalized spacial score (nSPS) is 17.1. The van der Waals surface area contributed by atoms with Crippen LogP contribution in [-0.4, -0.2) is 54.9 Å². The second-order valence-electron chi connectivity index (χ2n) is 9.38. The van der Waals surface area contributed by atoms with Gasteiger partial charge in [0, 0.05) is 30.6 Å². The second kappa shape index (κ2) is 6.71. The molecule has 2 aliphatic heterocycles. The van der Waals surface area contributed by atoms with Crippen molar-refractivity contribution in [2.24, 2.45) is 0 Å². The van der Waals surface area contributed by atoms with Gasteiger partial charge in [-0.3, -0.25) is 14.4 Å². The van der Waals surface area contributed by atoms with Crippen molar-refractivity contribution in [1.82, 2.24) is 24.0 Å². The van der Waals surface area contributed by atoms with Crippen LogP contribution in [0.1, 0.15) is 69.2 Å². The van der Waals surface area contributed by atoms with Gasteiger partial charge in [-0.15, -0.1) is 0 Å². The minimum atomic E-state index is -0.271. The van der Waals surface area contributed by atoms with E-state index in [-0.39, 0.29) is 41.9 Å². The molecule has 0 bridgehead atoms. The molecule has 2 aromatic heterocycles. The van der Waals surface area contributed by atoms with Crippen LogP contribution in [0.2, 0.25) is 0 Å². The fourth-order valence-corrected chi connectivity index (χ4v) is 4.13. The highest BCUT2D eigenvalue weighted by molar-refractivity contribution is 5.98. The number of carbonyl (C=O) groups excluding carboxylic acids is 2. The average Bonchev–Trinajstić information content (AvgIpc) is 3.36. The molecule has 8 heteroatoms. The summed E-state index contributed by atoms with van der Waals surface area (Å²) < 4.78 is 3.08. The Kier molecular flexibility index (Phi) is 4.55. The zero-order valence-corrected chi connectivity index (χ0v) is 17.9. The fraction of sp³-hybridized carbons (Fsp3) is 0.619. The van der Waals surface area contributed by atoms with Crippen LogP contribution in [0.4, 0.5) is 0 Å². The zero-order valence-electron chi connectivity index (χ0n) is 17.9. The Balaban J connectivity index is 1.92. The van der Waals surface area contributed by atoms with Gasteiger partial charge in [0.2, 0.25) is 5.91 Å². The number of likely N-dealkylation sites (tertiary alicyclic amines) is 1. The van der Waals surface area contributed by atoms with E-state index in [2.05, 4.69) is 5.10 Å². The SMILES string of the molecule is CC(C)N1Cc2c(n(CC(=O)N3CCCC3)c3cc(C(C)(C)C)nn3c2=O)C1=O. The standard InChI is InChI=1S/C21H29N5O3/c1-13(2)24-11-14-18(20(24)29)25(12-17(27)23-8-6-7-9-23)16-10-15(21(3,4)5)22-26(16)19(14)28/h10,13H,6-9,11-12H2,1-5H3. The summed E-state index contributed by atoms with van der Waals surface area (Å²) in [7, 11) is 0. The quantitative estimate of drug-likeness (QED) is 0.788. The summed E-state index contributed by atoms with van der Waals surface area (Å²) in [6.45, 7) is 11.7. The largest absolute Gasteiger partial charge is 0.341 e. The maximum absolute atomic E-state index is 13.2. The summed E-state index contributed by atoms with van der Waals surface area (Å²) >= 11 is 0. The van der Waals surface area contributed by atoms with Gasteiger partial charge in [-0.2, -0.15) is 9.61 Å². The predicted octanol–water partition coefficient (Wildman–Crippen LogP) is 1.78. The summed E-state index contributed by atoms with van der Waals surface area (Å²) in [6, 6.07) is 1.80. The number of carbonyl (C=O) groups is 2. The van der Waals surface area contributed by atoms with Crippen molar-refractivity contribution in [2.45, 2.75) is 72.0 Å². The van der Waals surface area contributed by atoms with Crippen molar-refractivity contribution in [3.05, 3.63) is 33.4 Å². The summed E-state index contributed by atoms with van der Waals surface area (Å²) in [5, 5.41) is 4.55. The molecule has 0 N–H and O–H groups in total. The van der Waals surface area contributed by atoms with E-state index in [9.17, 15) is 14.4 Å². The van der Waals surface area contributed by atoms with Crippen molar-refractivity contribution in [3.63, 3.8) is 0 Å². The molecule has 0 aromatic carbocycles. The minimum absolute atomic E-state index is 0.0236. The Morgan fingerprint density at radius 1 is 1.17 bits per heavy atom. The third-order valence-electron chi connectivity index (χ3n) is 5.91. The van der Waals surface area contributed by atoms with Gasteiger partial charge in [-0.05, 0) is 26.7 Å². The highest BCUT2D eigenvalue weighted by Gasteiger charge is 2.37. The van der Waals surface area contributed by atoms with E-state index in [1.807, 2.05) is 45.6 Å². The lowest BCUT2D eigenvalue weighted by atomic mass is 9.93. The number of amides is 2. The molecule has 0 unspecified atom stereocenters. The summed E-state index contributed by atoms with van der Waals surface area (Å²) in [6.07, 6.45) is 2.01. The Morgan fingerprint density at radius 2 is 1.83 bits per heavy atom. The van der Waals surface area contributed by atoms with Crippen LogP contribution in [0.5, 0.6) is 0 Å². The second-order valence-corrected chi connectivity index (χ2v) is 9.38. The van der Waals surface area contributed by atoms with Crippen molar-refractivity contribution in [2.75, 3.05) is 13.1 Å². The monoisotopic (exact) mass is 399 g/mol. The maximum atomic E-state index is 13.2. The minimum Gasteiger partial charge on any atom is -0.341 e. The van der Waals surface area contributed by atoms with Gasteiger partial charge in [-0.25, -0.2) is 0 Å². The van der Waals surface area contributed by atoms with Gasteiger partial charge in [0.15, 0.2) is 0 Å². The van der Waals surface area contributed by atoms with Crippen LogP contribution in [-0.2, 0) is 23.3 Å². The molecule has 0 aliphatic carbocycles. The van der Waals surface area contributed by atoms with Gasteiger partial charge in [0.1, 0.15) is 17.9 Å². The number of rotatable bonds is 3. The number of hydrogen-bond acceptors (Lipinski definition) is 4. The Bertz CT molecular complexity index is 1050. The lowest BCUT2D eigenvalue weighted by molar-refractivity contribution is -0.130. The molecular weight excluding hydrogens is 370 g/mol. The van der Waals surface area contributed by atoms with E-state index in [0.29, 0.717) is 16.9 Å². The highest BCUT2D eigenvalue weighted by Crippen LogP contribution is 2.27. The zero-order chi connectivity index (χ0) is 21.1. The van der Waals surface area contributed by atoms with Crippen molar-refractivity contribution in [1.29, 1.82) is 0 Å². The molecule has 1 fully saturated rings. The van der Waals surface area contributed by atoms with Gasteiger partial charge >= 0.3 is 0 Å². The highest BCUT2D eigenvalue weighted by atomic mass is 16.2. The number of hydrogen-bond donors (Lipinski definition) is 0. The van der Waals surface area contributed by atoms with E-state index in [1.54, 1.807) is 9.47 Å². The molecule has 4 rings (SSSR count). The maximum Gasteiger partial charge on any atom is 0.280 e. The molecule has 0 atom stereocenters. The molecule has 156 valence electrons. The molecule has 2 aromatic rings. The molecule has 0 spiro atoms. The van der Waals surface area contributed by atoms with Crippen LogP contribution < -0.4 is 5.56 Å². The third-order valence-corrected chi connectivity index (χ3v) is 5.91. The van der Waals surface area contributed by atoms with Gasteiger partial charge < -0.3 is 14.4 Å². The van der Waals surface area contributed by atoms with Gasteiger partial charge in [0.05, 0.1) is 17.8 Å². The molecular formula is C21H29N5O3. The molecule has 2 amide bonds. The predicted molar refractivity (Wildman–Crippen MR) is 109 cm³/mol. The molecule has 8 nitrogen and oxygen atoms in total. The Labute approximate surface area is 170 Å². The van der Waals surface area contributed by atoms with E-state index >= 15 is 0 Å². The first-order valence-corrected chi connectivity index (χ1v) is 10.3. The van der Waals surface area contributed by atoms with Gasteiger partial charge in [-0.1, -0.05) is 20.8 Å². The molecule has 0 saturated carbocycles. The number of nitrogens with zero attached hydrogens (tertiary/aromatic N) is 5. The topological polar surface area (TPSA) is 79.9 Å². The lowest BCUT2D eigenvalue weighted by Gasteiger charge is -2.21. The number of fused-ring (bicyclic) bond motifs is 2. The summed E-state index contributed by atoms with van der Waals surface area (Å²) in [5.41, 5.74) is 1.50. The van der Waals surface area contributed by atoms with E-state index in [0.717, 1.165) is 31.6 Å². The Hall–Kier alpha value is -2.64. The summed E-state index contributed by atoms with van der Waals surface area (Å²) in [5.74, 6) is -0.216. The van der Waals surface area contributed by atoms with E-state index in [4.69, 9.17) is 0 Å². The molecule has 1 saturated heterocycles. The Morgan fingerprint density at radius 3 is 2.41 bits per heavy atom. The van der Waals surface area contributed by atoms with E-state index < -0.39 is 0 Å². The van der Waals surface area contributed by atoms with Crippen molar-refractivity contribution >= 4 is 17.5 Å². The molecule has 2 aliphatic rings. The van der Waals surface area contributed by atoms with Crippen molar-refractivity contribution in [3.8, 4) is 0 Å². The first-order chi connectivity index (χ1) is 13.6. The summed E-state index contributed by atoms with van der Waals surface area (Å²) in [4.78, 5) is 42.8. The van der Waals surface area contributed by atoms with Gasteiger partial charge in [0.25, 0.3) is 11.5 Å². The number of aromatic nitrogens is 3. The van der Waals surface area contributed by atoms with Crippen LogP contribution in [0.25, 0.3) is 5.65 Å². The van der Waals surface area contributed by atoms with E-state index in [1.165, 1.54) is 4.52 Å². The first-order valence-electron chi connectivity index (χ1n) is 10.3. The molecule has 4 heterocycles.